The number of hydrogen-bond donors (Lipinski definition) is 2. The summed E-state index contributed by atoms with van der Waals surface area (Å²) in [6.07, 6.45) is 4.69. The van der Waals surface area contributed by atoms with E-state index in [4.69, 9.17) is 9.47 Å². The van der Waals surface area contributed by atoms with E-state index in [-0.39, 0.29) is 22.4 Å². The van der Waals surface area contributed by atoms with Gasteiger partial charge in [-0.3, -0.25) is 9.59 Å². The van der Waals surface area contributed by atoms with Gasteiger partial charge in [-0.1, -0.05) is 24.3 Å². The summed E-state index contributed by atoms with van der Waals surface area (Å²) in [7, 11) is 2.13. The molecule has 2 saturated heterocycles. The zero-order chi connectivity index (χ0) is 32.8. The Bertz CT molecular complexity index is 1950. The maximum Gasteiger partial charge on any atom is 0.256 e. The Hall–Kier alpha value is -4.45. The molecule has 0 bridgehead atoms. The minimum Gasteiger partial charge on any atom is -0.488 e. The predicted molar refractivity (Wildman–Crippen MR) is 184 cm³/mol. The van der Waals surface area contributed by atoms with Crippen LogP contribution in [0.25, 0.3) is 27.7 Å². The third-order valence-electron chi connectivity index (χ3n) is 10.1. The summed E-state index contributed by atoms with van der Waals surface area (Å²) in [4.78, 5) is 34.6. The normalized spacial score (nSPS) is 17.3. The fraction of sp³-hybridized carbons (Fsp3) is 0.405. The van der Waals surface area contributed by atoms with Gasteiger partial charge in [0.25, 0.3) is 5.91 Å². The molecular weight excluding hydrogens is 611 g/mol. The topological polar surface area (TPSA) is 91.3 Å². The first-order valence-corrected chi connectivity index (χ1v) is 17.1. The van der Waals surface area contributed by atoms with E-state index in [0.29, 0.717) is 42.4 Å². The van der Waals surface area contributed by atoms with Gasteiger partial charge < -0.3 is 39.4 Å². The lowest BCUT2D eigenvalue weighted by atomic mass is 9.95. The van der Waals surface area contributed by atoms with Gasteiger partial charge in [0.05, 0.1) is 11.1 Å². The van der Waals surface area contributed by atoms with Crippen molar-refractivity contribution in [3.63, 3.8) is 0 Å². The fourth-order valence-electron chi connectivity index (χ4n) is 7.38. The Morgan fingerprint density at radius 3 is 2.54 bits per heavy atom. The van der Waals surface area contributed by atoms with Gasteiger partial charge in [0.15, 0.2) is 17.3 Å². The smallest absolute Gasteiger partial charge is 0.256 e. The molecule has 0 unspecified atom stereocenters. The number of likely N-dealkylation sites (N-methyl/N-ethyl adjacent to an activating group) is 1. The first-order valence-electron chi connectivity index (χ1n) is 17.1. The van der Waals surface area contributed by atoms with Gasteiger partial charge in [-0.25, -0.2) is 4.39 Å². The van der Waals surface area contributed by atoms with Crippen molar-refractivity contribution in [2.75, 3.05) is 77.8 Å². The number of rotatable bonds is 9. The molecule has 2 N–H and O–H groups in total. The maximum atomic E-state index is 16.0. The Balaban J connectivity index is 1.16. The molecule has 3 aromatic carbocycles. The highest BCUT2D eigenvalue weighted by Crippen LogP contribution is 2.49. The number of hydrogen-bond acceptors (Lipinski definition) is 8. The van der Waals surface area contributed by atoms with Gasteiger partial charge >= 0.3 is 0 Å². The van der Waals surface area contributed by atoms with Crippen LogP contribution in [0.15, 0.2) is 53.5 Å². The molecule has 5 heterocycles. The van der Waals surface area contributed by atoms with Crippen LogP contribution < -0.4 is 25.5 Å². The van der Waals surface area contributed by atoms with Crippen molar-refractivity contribution in [3.8, 4) is 34.1 Å². The second-order valence-corrected chi connectivity index (χ2v) is 13.3. The van der Waals surface area contributed by atoms with Crippen molar-refractivity contribution in [2.24, 2.45) is 0 Å². The van der Waals surface area contributed by atoms with E-state index >= 15 is 4.39 Å². The maximum absolute atomic E-state index is 16.0. The lowest BCUT2D eigenvalue weighted by Gasteiger charge is -2.32. The number of anilines is 1. The Labute approximate surface area is 279 Å². The second kappa shape index (κ2) is 12.9. The molecule has 0 spiro atoms. The van der Waals surface area contributed by atoms with Crippen molar-refractivity contribution in [3.05, 3.63) is 75.8 Å². The molecule has 0 radical (unpaired) electrons. The van der Waals surface area contributed by atoms with Crippen LogP contribution in [0.5, 0.6) is 17.2 Å². The number of nitrogens with zero attached hydrogens (tertiary/aromatic N) is 4. The zero-order valence-electron chi connectivity index (χ0n) is 27.3. The number of piperazine rings is 1. The van der Waals surface area contributed by atoms with Crippen molar-refractivity contribution < 1.29 is 18.7 Å². The van der Waals surface area contributed by atoms with Crippen LogP contribution in [0, 0.1) is 5.82 Å². The summed E-state index contributed by atoms with van der Waals surface area (Å²) >= 11 is 0. The molecule has 10 nitrogen and oxygen atoms in total. The number of aromatic nitrogens is 1. The number of ether oxygens (including phenoxy) is 2. The average Bonchev–Trinajstić information content (AvgIpc) is 3.62. The molecule has 11 heteroatoms. The molecule has 1 amide bonds. The van der Waals surface area contributed by atoms with Crippen LogP contribution in [0.3, 0.4) is 0 Å². The molecule has 4 aromatic rings. The summed E-state index contributed by atoms with van der Waals surface area (Å²) in [5.41, 5.74) is 3.70. The predicted octanol–water partition coefficient (Wildman–Crippen LogP) is 4.67. The van der Waals surface area contributed by atoms with Crippen LogP contribution in [0.1, 0.15) is 35.2 Å². The fourth-order valence-corrected chi connectivity index (χ4v) is 7.38. The quantitative estimate of drug-likeness (QED) is 0.222. The molecule has 4 aliphatic rings. The van der Waals surface area contributed by atoms with E-state index in [1.807, 2.05) is 34.9 Å². The monoisotopic (exact) mass is 652 g/mol. The Morgan fingerprint density at radius 1 is 0.917 bits per heavy atom. The van der Waals surface area contributed by atoms with E-state index in [9.17, 15) is 9.59 Å². The van der Waals surface area contributed by atoms with Gasteiger partial charge in [-0.15, -0.1) is 0 Å². The number of nitrogens with one attached hydrogen (secondary N) is 2. The van der Waals surface area contributed by atoms with E-state index in [1.54, 1.807) is 6.20 Å². The third-order valence-corrected chi connectivity index (χ3v) is 10.1. The number of carbonyl (C=O) groups excluding carboxylic acids is 1. The summed E-state index contributed by atoms with van der Waals surface area (Å²) in [6, 6.07) is 13.1. The molecule has 0 saturated carbocycles. The summed E-state index contributed by atoms with van der Waals surface area (Å²) < 4.78 is 30.4. The van der Waals surface area contributed by atoms with Gasteiger partial charge in [0.1, 0.15) is 29.1 Å². The standard InChI is InChI=1S/C37H41FN6O4/c1-41-15-17-43(18-16-41)13-6-9-40-37(46)28-22-44-30-20-26-25-8-3-2-7-24(25)23-47-31(26)21-32(30)48-36-33(39-10-14-42-11-4-5-12-42)29(38)19-27(34(36)44)35(28)45/h2-3,7-8,19-22,39H,4-6,9-18,23H2,1H3,(H,40,46). The molecule has 0 aliphatic carbocycles. The number of fused-ring (bicyclic) bond motifs is 5. The molecule has 48 heavy (non-hydrogen) atoms. The first kappa shape index (κ1) is 30.9. The highest BCUT2D eigenvalue weighted by atomic mass is 19.1. The van der Waals surface area contributed by atoms with Gasteiger partial charge in [-0.05, 0) is 69.2 Å². The molecule has 4 aliphatic heterocycles. The molecule has 1 aromatic heterocycles. The van der Waals surface area contributed by atoms with E-state index in [0.717, 1.165) is 75.5 Å². The summed E-state index contributed by atoms with van der Waals surface area (Å²) in [6.45, 7) is 9.17. The lowest BCUT2D eigenvalue weighted by Crippen LogP contribution is -2.45. The molecule has 250 valence electrons. The SMILES string of the molecule is CN1CCN(CCCNC(=O)c2cn3c4c(c(NCCN5CCCC5)c(F)cc4c2=O)Oc2cc4c(cc2-3)-c2ccccc2CO4)CC1. The van der Waals surface area contributed by atoms with Crippen molar-refractivity contribution in [1.82, 2.24) is 24.6 Å². The second-order valence-electron chi connectivity index (χ2n) is 13.3. The largest absolute Gasteiger partial charge is 0.488 e. The van der Waals surface area contributed by atoms with Gasteiger partial charge in [0, 0.05) is 63.6 Å². The first-order chi connectivity index (χ1) is 23.4. The van der Waals surface area contributed by atoms with Crippen LogP contribution in [0.2, 0.25) is 0 Å². The number of amides is 1. The highest BCUT2D eigenvalue weighted by molar-refractivity contribution is 6.01. The number of pyridine rings is 1. The third kappa shape index (κ3) is 5.69. The van der Waals surface area contributed by atoms with Gasteiger partial charge in [-0.2, -0.15) is 0 Å². The minimum atomic E-state index is -0.598. The number of benzene rings is 3. The van der Waals surface area contributed by atoms with Crippen molar-refractivity contribution in [2.45, 2.75) is 25.9 Å². The molecular formula is C37H41FN6O4. The molecule has 8 rings (SSSR count). The number of likely N-dealkylation sites (tertiary alicyclic amines) is 1. The summed E-state index contributed by atoms with van der Waals surface area (Å²) in [5, 5.41) is 6.31. The number of halogens is 1. The van der Waals surface area contributed by atoms with Crippen LogP contribution in [0.4, 0.5) is 10.1 Å². The van der Waals surface area contributed by atoms with Crippen LogP contribution in [-0.2, 0) is 6.61 Å². The van der Waals surface area contributed by atoms with Crippen molar-refractivity contribution in [1.29, 1.82) is 0 Å². The number of carbonyl (C=O) groups is 1. The van der Waals surface area contributed by atoms with E-state index < -0.39 is 17.2 Å². The molecule has 0 atom stereocenters. The van der Waals surface area contributed by atoms with E-state index in [1.165, 1.54) is 18.9 Å². The minimum absolute atomic E-state index is 0.0376. The van der Waals surface area contributed by atoms with Gasteiger partial charge in [0.2, 0.25) is 5.43 Å². The summed E-state index contributed by atoms with van der Waals surface area (Å²) in [5.74, 6) is 0.271. The Morgan fingerprint density at radius 2 is 1.71 bits per heavy atom. The van der Waals surface area contributed by atoms with Crippen molar-refractivity contribution >= 4 is 22.5 Å². The molecule has 2 fully saturated rings. The Kier molecular flexibility index (Phi) is 8.27. The van der Waals surface area contributed by atoms with E-state index in [2.05, 4.69) is 38.4 Å². The lowest BCUT2D eigenvalue weighted by molar-refractivity contribution is 0.0948. The van der Waals surface area contributed by atoms with Crippen LogP contribution >= 0.6 is 0 Å². The zero-order valence-corrected chi connectivity index (χ0v) is 27.3. The van der Waals surface area contributed by atoms with Crippen LogP contribution in [-0.4, -0.2) is 97.7 Å². The average molecular weight is 653 g/mol. The highest BCUT2D eigenvalue weighted by Gasteiger charge is 2.31.